The summed E-state index contributed by atoms with van der Waals surface area (Å²) in [6, 6.07) is 4.31. The first-order valence-electron chi connectivity index (χ1n) is 7.22. The van der Waals surface area contributed by atoms with Crippen molar-refractivity contribution in [3.8, 4) is 5.75 Å². The molecule has 1 rings (SSSR count). The first-order valence-corrected chi connectivity index (χ1v) is 7.22. The molecule has 0 saturated carbocycles. The quantitative estimate of drug-likeness (QED) is 0.738. The van der Waals surface area contributed by atoms with Crippen molar-refractivity contribution in [2.45, 2.75) is 67.7 Å². The predicted molar refractivity (Wildman–Crippen MR) is 83.8 cm³/mol. The highest BCUT2D eigenvalue weighted by molar-refractivity contribution is 5.43. The Morgan fingerprint density at radius 2 is 1.37 bits per heavy atom. The maximum atomic E-state index is 9.95. The molecule has 0 aliphatic heterocycles. The average molecular weight is 262 g/mol. The minimum Gasteiger partial charge on any atom is -0.507 e. The second-order valence-electron chi connectivity index (χ2n) is 8.19. The molecular formula is C18H30O. The molecule has 1 aromatic carbocycles. The highest BCUT2D eigenvalue weighted by Gasteiger charge is 2.30. The second kappa shape index (κ2) is 5.19. The molecule has 0 bridgehead atoms. The van der Waals surface area contributed by atoms with E-state index in [2.05, 4.69) is 53.7 Å². The number of hydrogen-bond acceptors (Lipinski definition) is 1. The van der Waals surface area contributed by atoms with Gasteiger partial charge in [0.2, 0.25) is 0 Å². The van der Waals surface area contributed by atoms with E-state index in [1.54, 1.807) is 0 Å². The molecule has 0 spiro atoms. The molecule has 0 amide bonds. The lowest BCUT2D eigenvalue weighted by atomic mass is 9.69. The van der Waals surface area contributed by atoms with Crippen molar-refractivity contribution in [3.05, 3.63) is 28.8 Å². The van der Waals surface area contributed by atoms with Gasteiger partial charge in [-0.25, -0.2) is 0 Å². The van der Waals surface area contributed by atoms with Crippen LogP contribution < -0.4 is 0 Å². The van der Waals surface area contributed by atoms with Gasteiger partial charge in [0.1, 0.15) is 5.75 Å². The normalized spacial score (nSPS) is 14.5. The number of benzene rings is 1. The standard InChI is InChI=1S/C18H30O/c1-12-9-14(10-13(2)16(12)19)15(18(6,7)8)11-17(3,4)5/h9-10,15,19H,11H2,1-8H3. The van der Waals surface area contributed by atoms with Gasteiger partial charge in [-0.3, -0.25) is 0 Å². The fourth-order valence-electron chi connectivity index (χ4n) is 2.73. The molecule has 1 heteroatoms. The number of aryl methyl sites for hydroxylation is 2. The van der Waals surface area contributed by atoms with Crippen molar-refractivity contribution < 1.29 is 5.11 Å². The third-order valence-corrected chi connectivity index (χ3v) is 3.78. The minimum absolute atomic E-state index is 0.225. The van der Waals surface area contributed by atoms with Crippen LogP contribution in [0, 0.1) is 24.7 Å². The summed E-state index contributed by atoms with van der Waals surface area (Å²) in [4.78, 5) is 0. The summed E-state index contributed by atoms with van der Waals surface area (Å²) in [7, 11) is 0. The molecule has 1 N–H and O–H groups in total. The smallest absolute Gasteiger partial charge is 0.121 e. The summed E-state index contributed by atoms with van der Waals surface area (Å²) >= 11 is 0. The zero-order valence-corrected chi connectivity index (χ0v) is 13.9. The molecule has 19 heavy (non-hydrogen) atoms. The predicted octanol–water partition coefficient (Wildman–Crippen LogP) is 5.57. The highest BCUT2D eigenvalue weighted by Crippen LogP contribution is 2.44. The lowest BCUT2D eigenvalue weighted by Crippen LogP contribution is -2.24. The van der Waals surface area contributed by atoms with Gasteiger partial charge in [0.05, 0.1) is 0 Å². The van der Waals surface area contributed by atoms with Gasteiger partial charge >= 0.3 is 0 Å². The molecule has 0 saturated heterocycles. The van der Waals surface area contributed by atoms with Gasteiger partial charge in [-0.15, -0.1) is 0 Å². The van der Waals surface area contributed by atoms with Gasteiger partial charge in [-0.1, -0.05) is 53.7 Å². The number of aromatic hydroxyl groups is 1. The second-order valence-corrected chi connectivity index (χ2v) is 8.19. The van der Waals surface area contributed by atoms with Crippen LogP contribution in [0.3, 0.4) is 0 Å². The lowest BCUT2D eigenvalue weighted by molar-refractivity contribution is 0.229. The van der Waals surface area contributed by atoms with Gasteiger partial charge in [0.25, 0.3) is 0 Å². The minimum atomic E-state index is 0.225. The summed E-state index contributed by atoms with van der Waals surface area (Å²) in [6.07, 6.45) is 1.15. The summed E-state index contributed by atoms with van der Waals surface area (Å²) in [5.41, 5.74) is 3.85. The van der Waals surface area contributed by atoms with Crippen molar-refractivity contribution in [3.63, 3.8) is 0 Å². The van der Waals surface area contributed by atoms with Gasteiger partial charge in [-0.05, 0) is 53.7 Å². The molecule has 1 unspecified atom stereocenters. The van der Waals surface area contributed by atoms with Crippen molar-refractivity contribution in [1.82, 2.24) is 0 Å². The van der Waals surface area contributed by atoms with Gasteiger partial charge in [0.15, 0.2) is 0 Å². The zero-order valence-electron chi connectivity index (χ0n) is 13.9. The van der Waals surface area contributed by atoms with E-state index in [9.17, 15) is 5.11 Å². The number of rotatable bonds is 2. The van der Waals surface area contributed by atoms with Crippen LogP contribution in [0.4, 0.5) is 0 Å². The van der Waals surface area contributed by atoms with Gasteiger partial charge in [-0.2, -0.15) is 0 Å². The van der Waals surface area contributed by atoms with Gasteiger partial charge in [0, 0.05) is 0 Å². The molecule has 1 atom stereocenters. The Bertz CT molecular complexity index is 421. The Labute approximate surface area is 119 Å². The Morgan fingerprint density at radius 1 is 0.947 bits per heavy atom. The van der Waals surface area contributed by atoms with E-state index >= 15 is 0 Å². The van der Waals surface area contributed by atoms with Crippen LogP contribution in [-0.4, -0.2) is 5.11 Å². The average Bonchev–Trinajstić information content (AvgIpc) is 2.19. The van der Waals surface area contributed by atoms with E-state index in [-0.39, 0.29) is 5.41 Å². The fraction of sp³-hybridized carbons (Fsp3) is 0.667. The van der Waals surface area contributed by atoms with Crippen LogP contribution in [0.1, 0.15) is 70.6 Å². The first kappa shape index (κ1) is 16.1. The third kappa shape index (κ3) is 4.26. The molecule has 1 aromatic rings. The molecule has 0 aromatic heterocycles. The molecule has 108 valence electrons. The summed E-state index contributed by atoms with van der Waals surface area (Å²) < 4.78 is 0. The molecule has 0 aliphatic carbocycles. The van der Waals surface area contributed by atoms with E-state index in [0.717, 1.165) is 17.5 Å². The van der Waals surface area contributed by atoms with E-state index < -0.39 is 0 Å². The first-order chi connectivity index (χ1) is 8.42. The highest BCUT2D eigenvalue weighted by atomic mass is 16.3. The monoisotopic (exact) mass is 262 g/mol. The summed E-state index contributed by atoms with van der Waals surface area (Å²) in [5, 5.41) is 9.95. The molecular weight excluding hydrogens is 232 g/mol. The van der Waals surface area contributed by atoms with Crippen LogP contribution in [0.15, 0.2) is 12.1 Å². The summed E-state index contributed by atoms with van der Waals surface area (Å²) in [6.45, 7) is 17.8. The largest absolute Gasteiger partial charge is 0.507 e. The van der Waals surface area contributed by atoms with Crippen LogP contribution >= 0.6 is 0 Å². The van der Waals surface area contributed by atoms with Crippen molar-refractivity contribution in [2.75, 3.05) is 0 Å². The van der Waals surface area contributed by atoms with Crippen LogP contribution in [-0.2, 0) is 0 Å². The van der Waals surface area contributed by atoms with Crippen LogP contribution in [0.2, 0.25) is 0 Å². The maximum Gasteiger partial charge on any atom is 0.121 e. The Kier molecular flexibility index (Phi) is 4.39. The number of phenols is 1. The molecule has 0 aliphatic rings. The van der Waals surface area contributed by atoms with Crippen molar-refractivity contribution >= 4 is 0 Å². The molecule has 0 fully saturated rings. The van der Waals surface area contributed by atoms with E-state index in [4.69, 9.17) is 0 Å². The van der Waals surface area contributed by atoms with Gasteiger partial charge < -0.3 is 5.11 Å². The van der Waals surface area contributed by atoms with Crippen molar-refractivity contribution in [2.24, 2.45) is 10.8 Å². The number of hydrogen-bond donors (Lipinski definition) is 1. The summed E-state index contributed by atoms with van der Waals surface area (Å²) in [5.74, 6) is 0.942. The molecule has 0 radical (unpaired) electrons. The van der Waals surface area contributed by atoms with Crippen LogP contribution in [0.5, 0.6) is 5.75 Å². The number of phenolic OH excluding ortho intramolecular Hbond substituents is 1. The third-order valence-electron chi connectivity index (χ3n) is 3.78. The van der Waals surface area contributed by atoms with E-state index in [0.29, 0.717) is 17.1 Å². The Balaban J connectivity index is 3.26. The Hall–Kier alpha value is -0.980. The Morgan fingerprint density at radius 3 is 1.68 bits per heavy atom. The lowest BCUT2D eigenvalue weighted by Gasteiger charge is -2.36. The maximum absolute atomic E-state index is 9.95. The molecule has 1 nitrogen and oxygen atoms in total. The zero-order chi connectivity index (χ0) is 15.0. The van der Waals surface area contributed by atoms with Crippen molar-refractivity contribution in [1.29, 1.82) is 0 Å². The van der Waals surface area contributed by atoms with Crippen LogP contribution in [0.25, 0.3) is 0 Å². The van der Waals surface area contributed by atoms with E-state index in [1.807, 2.05) is 13.8 Å². The topological polar surface area (TPSA) is 20.2 Å². The fourth-order valence-corrected chi connectivity index (χ4v) is 2.73. The van der Waals surface area contributed by atoms with E-state index in [1.165, 1.54) is 5.56 Å². The SMILES string of the molecule is Cc1cc(C(CC(C)(C)C)C(C)(C)C)cc(C)c1O. The molecule has 0 heterocycles.